The van der Waals surface area contributed by atoms with E-state index in [4.69, 9.17) is 0 Å². The second-order valence-electron chi connectivity index (χ2n) is 4.15. The van der Waals surface area contributed by atoms with E-state index in [1.165, 1.54) is 5.56 Å². The van der Waals surface area contributed by atoms with Crippen LogP contribution in [0.25, 0.3) is 0 Å². The number of aromatic nitrogens is 2. The Labute approximate surface area is 101 Å². The zero-order valence-corrected chi connectivity index (χ0v) is 10.2. The first-order chi connectivity index (χ1) is 8.22. The van der Waals surface area contributed by atoms with Crippen LogP contribution in [0.3, 0.4) is 0 Å². The number of carbonyl (C=O) groups is 1. The molecule has 2 aromatic rings. The van der Waals surface area contributed by atoms with Crippen LogP contribution in [0.15, 0.2) is 30.3 Å². The number of hydrogen-bond acceptors (Lipinski definition) is 2. The molecule has 1 aromatic heterocycles. The average molecular weight is 228 g/mol. The van der Waals surface area contributed by atoms with Gasteiger partial charge in [-0.05, 0) is 25.3 Å². The van der Waals surface area contributed by atoms with Crippen LogP contribution in [0.5, 0.6) is 0 Å². The lowest BCUT2D eigenvalue weighted by molar-refractivity contribution is 0.111. The van der Waals surface area contributed by atoms with Gasteiger partial charge in [0.1, 0.15) is 11.5 Å². The summed E-state index contributed by atoms with van der Waals surface area (Å²) in [5.41, 5.74) is 2.87. The summed E-state index contributed by atoms with van der Waals surface area (Å²) in [5.74, 6) is 0.884. The molecule has 0 N–H and O–H groups in total. The molecule has 0 fully saturated rings. The molecule has 0 aliphatic heterocycles. The lowest BCUT2D eigenvalue weighted by Gasteiger charge is -2.04. The van der Waals surface area contributed by atoms with Crippen molar-refractivity contribution < 1.29 is 4.79 Å². The molecule has 0 atom stereocenters. The van der Waals surface area contributed by atoms with Crippen LogP contribution < -0.4 is 0 Å². The monoisotopic (exact) mass is 228 g/mol. The topological polar surface area (TPSA) is 34.9 Å². The highest BCUT2D eigenvalue weighted by atomic mass is 16.1. The van der Waals surface area contributed by atoms with E-state index >= 15 is 0 Å². The highest BCUT2D eigenvalue weighted by Gasteiger charge is 2.10. The van der Waals surface area contributed by atoms with Gasteiger partial charge in [0.15, 0.2) is 6.29 Å². The molecule has 0 saturated carbocycles. The number of hydrogen-bond donors (Lipinski definition) is 0. The molecule has 1 heterocycles. The van der Waals surface area contributed by atoms with Gasteiger partial charge in [-0.15, -0.1) is 0 Å². The molecule has 0 aliphatic carbocycles. The standard InChI is InChI=1S/C14H16N2O/c1-11-15-13(10-17)14(16(11)2)9-8-12-6-4-3-5-7-12/h3-7,10H,8-9H2,1-2H3. The number of imidazole rings is 1. The molecule has 17 heavy (non-hydrogen) atoms. The van der Waals surface area contributed by atoms with Gasteiger partial charge >= 0.3 is 0 Å². The summed E-state index contributed by atoms with van der Waals surface area (Å²) in [6.07, 6.45) is 2.61. The first kappa shape index (κ1) is 11.6. The van der Waals surface area contributed by atoms with Crippen LogP contribution in [-0.4, -0.2) is 15.8 Å². The summed E-state index contributed by atoms with van der Waals surface area (Å²) >= 11 is 0. The molecule has 0 amide bonds. The van der Waals surface area contributed by atoms with Gasteiger partial charge in [0, 0.05) is 12.7 Å². The van der Waals surface area contributed by atoms with Gasteiger partial charge in [-0.25, -0.2) is 4.98 Å². The van der Waals surface area contributed by atoms with Crippen molar-refractivity contribution in [3.8, 4) is 0 Å². The van der Waals surface area contributed by atoms with Crippen molar-refractivity contribution in [3.05, 3.63) is 53.1 Å². The quantitative estimate of drug-likeness (QED) is 0.753. The van der Waals surface area contributed by atoms with Crippen LogP contribution >= 0.6 is 0 Å². The zero-order chi connectivity index (χ0) is 12.3. The Hall–Kier alpha value is -1.90. The van der Waals surface area contributed by atoms with E-state index in [0.717, 1.165) is 30.6 Å². The van der Waals surface area contributed by atoms with E-state index in [9.17, 15) is 4.79 Å². The molecule has 0 spiro atoms. The second kappa shape index (κ2) is 4.95. The molecular formula is C14H16N2O. The first-order valence-electron chi connectivity index (χ1n) is 5.73. The lowest BCUT2D eigenvalue weighted by Crippen LogP contribution is -2.02. The molecule has 0 saturated heterocycles. The largest absolute Gasteiger partial charge is 0.335 e. The van der Waals surface area contributed by atoms with Crippen molar-refractivity contribution in [2.75, 3.05) is 0 Å². The predicted octanol–water partition coefficient (Wildman–Crippen LogP) is 2.33. The number of nitrogens with zero attached hydrogens (tertiary/aromatic N) is 2. The summed E-state index contributed by atoms with van der Waals surface area (Å²) in [4.78, 5) is 15.2. The maximum Gasteiger partial charge on any atom is 0.170 e. The summed E-state index contributed by atoms with van der Waals surface area (Å²) < 4.78 is 1.99. The van der Waals surface area contributed by atoms with Gasteiger partial charge < -0.3 is 4.57 Å². The molecule has 0 bridgehead atoms. The third-order valence-corrected chi connectivity index (χ3v) is 3.07. The fraction of sp³-hybridized carbons (Fsp3) is 0.286. The Morgan fingerprint density at radius 1 is 1.24 bits per heavy atom. The van der Waals surface area contributed by atoms with E-state index in [2.05, 4.69) is 17.1 Å². The first-order valence-corrected chi connectivity index (χ1v) is 5.73. The number of rotatable bonds is 4. The Balaban J connectivity index is 2.16. The molecule has 0 radical (unpaired) electrons. The van der Waals surface area contributed by atoms with Gasteiger partial charge in [-0.1, -0.05) is 30.3 Å². The van der Waals surface area contributed by atoms with Crippen molar-refractivity contribution >= 4 is 6.29 Å². The van der Waals surface area contributed by atoms with Gasteiger partial charge in [-0.2, -0.15) is 0 Å². The minimum Gasteiger partial charge on any atom is -0.335 e. The minimum absolute atomic E-state index is 0.570. The van der Waals surface area contributed by atoms with Crippen LogP contribution in [0, 0.1) is 6.92 Å². The zero-order valence-electron chi connectivity index (χ0n) is 10.2. The van der Waals surface area contributed by atoms with Crippen LogP contribution in [-0.2, 0) is 19.9 Å². The maximum atomic E-state index is 10.9. The summed E-state index contributed by atoms with van der Waals surface area (Å²) in [6, 6.07) is 10.3. The van der Waals surface area contributed by atoms with Crippen LogP contribution in [0.2, 0.25) is 0 Å². The van der Waals surface area contributed by atoms with Crippen molar-refractivity contribution in [1.82, 2.24) is 9.55 Å². The summed E-state index contributed by atoms with van der Waals surface area (Å²) in [7, 11) is 1.95. The number of carbonyl (C=O) groups excluding carboxylic acids is 1. The van der Waals surface area contributed by atoms with Crippen molar-refractivity contribution in [2.24, 2.45) is 7.05 Å². The summed E-state index contributed by atoms with van der Waals surface area (Å²) in [6.45, 7) is 1.92. The van der Waals surface area contributed by atoms with Gasteiger partial charge in [0.05, 0.1) is 0 Å². The fourth-order valence-electron chi connectivity index (χ4n) is 1.98. The highest BCUT2D eigenvalue weighted by molar-refractivity contribution is 5.73. The van der Waals surface area contributed by atoms with Crippen molar-refractivity contribution in [2.45, 2.75) is 19.8 Å². The molecule has 2 rings (SSSR count). The predicted molar refractivity (Wildman–Crippen MR) is 67.2 cm³/mol. The highest BCUT2D eigenvalue weighted by Crippen LogP contribution is 2.12. The molecule has 88 valence electrons. The normalized spacial score (nSPS) is 10.5. The van der Waals surface area contributed by atoms with Gasteiger partial charge in [0.2, 0.25) is 0 Å². The Morgan fingerprint density at radius 2 is 1.94 bits per heavy atom. The SMILES string of the molecule is Cc1nc(C=O)c(CCc2ccccc2)n1C. The maximum absolute atomic E-state index is 10.9. The van der Waals surface area contributed by atoms with E-state index in [-0.39, 0.29) is 0 Å². The Morgan fingerprint density at radius 3 is 2.59 bits per heavy atom. The van der Waals surface area contributed by atoms with Crippen molar-refractivity contribution in [1.29, 1.82) is 0 Å². The summed E-state index contributed by atoms with van der Waals surface area (Å²) in [5, 5.41) is 0. The third-order valence-electron chi connectivity index (χ3n) is 3.07. The smallest absolute Gasteiger partial charge is 0.170 e. The second-order valence-corrected chi connectivity index (χ2v) is 4.15. The molecule has 0 aliphatic rings. The fourth-order valence-corrected chi connectivity index (χ4v) is 1.98. The molecule has 0 unspecified atom stereocenters. The molecule has 3 heteroatoms. The number of aldehydes is 1. The molecule has 3 nitrogen and oxygen atoms in total. The Bertz CT molecular complexity index is 515. The lowest BCUT2D eigenvalue weighted by atomic mass is 10.1. The molecular weight excluding hydrogens is 212 g/mol. The van der Waals surface area contributed by atoms with E-state index in [0.29, 0.717) is 5.69 Å². The van der Waals surface area contributed by atoms with Crippen molar-refractivity contribution in [3.63, 3.8) is 0 Å². The van der Waals surface area contributed by atoms with Gasteiger partial charge in [0.25, 0.3) is 0 Å². The molecule has 1 aromatic carbocycles. The van der Waals surface area contributed by atoms with Crippen LogP contribution in [0.4, 0.5) is 0 Å². The number of aryl methyl sites for hydroxylation is 2. The van der Waals surface area contributed by atoms with Crippen LogP contribution in [0.1, 0.15) is 27.6 Å². The van der Waals surface area contributed by atoms with E-state index in [1.807, 2.05) is 36.7 Å². The van der Waals surface area contributed by atoms with E-state index in [1.54, 1.807) is 0 Å². The minimum atomic E-state index is 0.570. The number of benzene rings is 1. The van der Waals surface area contributed by atoms with E-state index < -0.39 is 0 Å². The van der Waals surface area contributed by atoms with Gasteiger partial charge in [-0.3, -0.25) is 4.79 Å². The average Bonchev–Trinajstić information content (AvgIpc) is 2.64. The third kappa shape index (κ3) is 2.44. The Kier molecular flexibility index (Phi) is 3.38.